The smallest absolute Gasteiger partial charge is 0.399 e. The summed E-state index contributed by atoms with van der Waals surface area (Å²) in [5.41, 5.74) is 2.36. The van der Waals surface area contributed by atoms with Crippen LogP contribution in [0.5, 0.6) is 0 Å². The minimum atomic E-state index is -0.900. The van der Waals surface area contributed by atoms with Crippen LogP contribution in [0.25, 0.3) is 11.1 Å². The molecule has 4 rings (SSSR count). The van der Waals surface area contributed by atoms with E-state index in [1.54, 1.807) is 12.1 Å². The van der Waals surface area contributed by atoms with E-state index in [0.717, 1.165) is 16.6 Å². The second-order valence-corrected chi connectivity index (χ2v) is 9.12. The molecule has 0 unspecified atom stereocenters. The van der Waals surface area contributed by atoms with Crippen molar-refractivity contribution in [3.8, 4) is 11.1 Å². The largest absolute Gasteiger partial charge is 0.496 e. The van der Waals surface area contributed by atoms with Crippen molar-refractivity contribution in [3.05, 3.63) is 53.1 Å². The first-order valence-corrected chi connectivity index (χ1v) is 10.1. The van der Waals surface area contributed by atoms with Crippen LogP contribution in [0.4, 0.5) is 4.39 Å². The number of alkyl halides is 1. The molecule has 2 heterocycles. The fourth-order valence-electron chi connectivity index (χ4n) is 3.45. The number of benzene rings is 2. The number of nitrogens with zero attached hydrogens (tertiary/aromatic N) is 1. The van der Waals surface area contributed by atoms with E-state index >= 15 is 0 Å². The van der Waals surface area contributed by atoms with Gasteiger partial charge in [0.05, 0.1) is 24.3 Å². The SMILES string of the molecule is CC1(C)OB(c2ccc(-c3ccc(C(=O)N4CC(F)C4)cc3)cc2Cl)OC1(C)C. The third-order valence-electron chi connectivity index (χ3n) is 6.10. The van der Waals surface area contributed by atoms with Crippen LogP contribution in [-0.4, -0.2) is 48.4 Å². The van der Waals surface area contributed by atoms with Crippen LogP contribution in [0, 0.1) is 0 Å². The van der Waals surface area contributed by atoms with Gasteiger partial charge in [0.2, 0.25) is 0 Å². The maximum atomic E-state index is 13.0. The Morgan fingerprint density at radius 1 is 1.03 bits per heavy atom. The van der Waals surface area contributed by atoms with Crippen molar-refractivity contribution < 1.29 is 18.5 Å². The van der Waals surface area contributed by atoms with Crippen LogP contribution >= 0.6 is 11.6 Å². The van der Waals surface area contributed by atoms with Crippen LogP contribution in [0.3, 0.4) is 0 Å². The second-order valence-electron chi connectivity index (χ2n) is 8.71. The van der Waals surface area contributed by atoms with Crippen LogP contribution in [0.1, 0.15) is 38.1 Å². The molecule has 152 valence electrons. The van der Waals surface area contributed by atoms with Gasteiger partial charge in [0, 0.05) is 16.0 Å². The number of hydrogen-bond donors (Lipinski definition) is 0. The highest BCUT2D eigenvalue weighted by atomic mass is 35.5. The Kier molecular flexibility index (Phi) is 5.00. The van der Waals surface area contributed by atoms with Crippen molar-refractivity contribution in [1.82, 2.24) is 4.90 Å². The highest BCUT2D eigenvalue weighted by Crippen LogP contribution is 2.37. The van der Waals surface area contributed by atoms with Crippen molar-refractivity contribution in [2.75, 3.05) is 13.1 Å². The molecule has 0 spiro atoms. The van der Waals surface area contributed by atoms with Crippen molar-refractivity contribution in [2.24, 2.45) is 0 Å². The number of halogens is 2. The van der Waals surface area contributed by atoms with Gasteiger partial charge < -0.3 is 14.2 Å². The molecule has 7 heteroatoms. The van der Waals surface area contributed by atoms with E-state index in [-0.39, 0.29) is 19.0 Å². The molecule has 1 amide bonds. The molecule has 0 N–H and O–H groups in total. The molecule has 2 aromatic rings. The first-order valence-electron chi connectivity index (χ1n) is 9.76. The lowest BCUT2D eigenvalue weighted by molar-refractivity contribution is 0.00578. The van der Waals surface area contributed by atoms with E-state index in [4.69, 9.17) is 20.9 Å². The van der Waals surface area contributed by atoms with Crippen LogP contribution in [0.15, 0.2) is 42.5 Å². The minimum Gasteiger partial charge on any atom is -0.399 e. The van der Waals surface area contributed by atoms with Gasteiger partial charge in [-0.1, -0.05) is 35.9 Å². The molecule has 29 heavy (non-hydrogen) atoms. The molecule has 2 aliphatic rings. The molecule has 0 radical (unpaired) electrons. The highest BCUT2D eigenvalue weighted by Gasteiger charge is 2.52. The molecule has 0 bridgehead atoms. The van der Waals surface area contributed by atoms with Gasteiger partial charge in [-0.15, -0.1) is 0 Å². The Morgan fingerprint density at radius 3 is 2.10 bits per heavy atom. The molecule has 0 atom stereocenters. The fourth-order valence-corrected chi connectivity index (χ4v) is 3.72. The Bertz CT molecular complexity index is 926. The van der Waals surface area contributed by atoms with Crippen molar-refractivity contribution in [1.29, 1.82) is 0 Å². The number of rotatable bonds is 3. The van der Waals surface area contributed by atoms with Gasteiger partial charge in [0.1, 0.15) is 6.17 Å². The lowest BCUT2D eigenvalue weighted by Gasteiger charge is -2.34. The molecule has 2 saturated heterocycles. The number of likely N-dealkylation sites (tertiary alicyclic amines) is 1. The van der Waals surface area contributed by atoms with E-state index in [0.29, 0.717) is 10.6 Å². The third kappa shape index (κ3) is 3.69. The molecule has 0 aliphatic carbocycles. The van der Waals surface area contributed by atoms with Crippen LogP contribution in [0.2, 0.25) is 5.02 Å². The van der Waals surface area contributed by atoms with Gasteiger partial charge in [-0.3, -0.25) is 4.79 Å². The van der Waals surface area contributed by atoms with Gasteiger partial charge in [0.15, 0.2) is 0 Å². The second kappa shape index (κ2) is 7.12. The van der Waals surface area contributed by atoms with Gasteiger partial charge in [-0.2, -0.15) is 0 Å². The third-order valence-corrected chi connectivity index (χ3v) is 6.42. The van der Waals surface area contributed by atoms with Crippen molar-refractivity contribution in [3.63, 3.8) is 0 Å². The average Bonchev–Trinajstić information content (AvgIpc) is 2.85. The Balaban J connectivity index is 1.52. The monoisotopic (exact) mass is 415 g/mol. The summed E-state index contributed by atoms with van der Waals surface area (Å²) in [6.45, 7) is 8.38. The molecule has 4 nitrogen and oxygen atoms in total. The summed E-state index contributed by atoms with van der Waals surface area (Å²) in [5.74, 6) is -0.139. The summed E-state index contributed by atoms with van der Waals surface area (Å²) >= 11 is 6.55. The van der Waals surface area contributed by atoms with E-state index in [2.05, 4.69) is 0 Å². The molecular formula is C22H24BClFNO3. The van der Waals surface area contributed by atoms with Crippen molar-refractivity contribution in [2.45, 2.75) is 45.1 Å². The molecule has 2 aliphatic heterocycles. The molecule has 0 saturated carbocycles. The topological polar surface area (TPSA) is 38.8 Å². The molecule has 2 fully saturated rings. The van der Waals surface area contributed by atoms with Gasteiger partial charge in [-0.25, -0.2) is 4.39 Å². The Morgan fingerprint density at radius 2 is 1.59 bits per heavy atom. The summed E-state index contributed by atoms with van der Waals surface area (Å²) < 4.78 is 25.2. The maximum absolute atomic E-state index is 13.0. The van der Waals surface area contributed by atoms with Crippen LogP contribution < -0.4 is 5.46 Å². The minimum absolute atomic E-state index is 0.139. The normalized spacial score (nSPS) is 20.6. The summed E-state index contributed by atoms with van der Waals surface area (Å²) in [6.07, 6.45) is -0.900. The predicted octanol–water partition coefficient (Wildman–Crippen LogP) is 4.10. The average molecular weight is 416 g/mol. The van der Waals surface area contributed by atoms with Crippen LogP contribution in [-0.2, 0) is 9.31 Å². The molecular weight excluding hydrogens is 392 g/mol. The zero-order chi connectivity index (χ0) is 21.0. The summed E-state index contributed by atoms with van der Waals surface area (Å²) in [7, 11) is -0.516. The standard InChI is InChI=1S/C22H24BClFNO3/c1-21(2)22(3,4)29-23(28-21)18-10-9-16(11-19(18)24)14-5-7-15(8-6-14)20(27)26-12-17(25)13-26/h5-11,17H,12-13H2,1-4H3. The van der Waals surface area contributed by atoms with E-state index in [1.165, 1.54) is 4.90 Å². The van der Waals surface area contributed by atoms with E-state index in [1.807, 2.05) is 58.0 Å². The lowest BCUT2D eigenvalue weighted by Crippen LogP contribution is -2.51. The molecule has 0 aromatic heterocycles. The lowest BCUT2D eigenvalue weighted by atomic mass is 9.78. The van der Waals surface area contributed by atoms with Crippen molar-refractivity contribution >= 4 is 30.1 Å². The predicted molar refractivity (Wildman–Crippen MR) is 113 cm³/mol. The maximum Gasteiger partial charge on any atom is 0.496 e. The van der Waals surface area contributed by atoms with Gasteiger partial charge in [0.25, 0.3) is 5.91 Å². The Hall–Kier alpha value is -1.89. The first-order chi connectivity index (χ1) is 13.6. The number of hydrogen-bond acceptors (Lipinski definition) is 3. The zero-order valence-corrected chi connectivity index (χ0v) is 17.8. The van der Waals surface area contributed by atoms with E-state index in [9.17, 15) is 9.18 Å². The summed E-state index contributed by atoms with van der Waals surface area (Å²) in [6, 6.07) is 13.0. The zero-order valence-electron chi connectivity index (χ0n) is 17.0. The molecule has 2 aromatic carbocycles. The number of carbonyl (C=O) groups is 1. The quantitative estimate of drug-likeness (QED) is 0.709. The number of carbonyl (C=O) groups excluding carboxylic acids is 1. The van der Waals surface area contributed by atoms with Gasteiger partial charge in [-0.05, 0) is 57.0 Å². The first kappa shape index (κ1) is 20.4. The van der Waals surface area contributed by atoms with E-state index < -0.39 is 24.5 Å². The fraction of sp³-hybridized carbons (Fsp3) is 0.409. The summed E-state index contributed by atoms with van der Waals surface area (Å²) in [5, 5.41) is 0.565. The highest BCUT2D eigenvalue weighted by molar-refractivity contribution is 6.65. The van der Waals surface area contributed by atoms with Gasteiger partial charge >= 0.3 is 7.12 Å². The Labute approximate surface area is 176 Å². The number of amides is 1. The summed E-state index contributed by atoms with van der Waals surface area (Å²) in [4.78, 5) is 13.8.